The van der Waals surface area contributed by atoms with Gasteiger partial charge in [0.05, 0.1) is 5.92 Å². The van der Waals surface area contributed by atoms with Gasteiger partial charge in [-0.1, -0.05) is 49.6 Å². The maximum atomic E-state index is 12.6. The van der Waals surface area contributed by atoms with E-state index in [1.165, 1.54) is 18.4 Å². The Labute approximate surface area is 143 Å². The summed E-state index contributed by atoms with van der Waals surface area (Å²) in [6.45, 7) is 0.671. The van der Waals surface area contributed by atoms with E-state index in [4.69, 9.17) is 0 Å². The van der Waals surface area contributed by atoms with Crippen LogP contribution in [0.25, 0.3) is 0 Å². The highest BCUT2D eigenvalue weighted by Crippen LogP contribution is 2.40. The van der Waals surface area contributed by atoms with Crippen molar-refractivity contribution in [2.45, 2.75) is 56.8 Å². The summed E-state index contributed by atoms with van der Waals surface area (Å²) in [5, 5.41) is 12.4. The number of hydrogen-bond donors (Lipinski definition) is 2. The number of benzene rings is 1. The third-order valence-electron chi connectivity index (χ3n) is 5.94. The minimum absolute atomic E-state index is 0.0446. The molecule has 1 aromatic carbocycles. The first-order valence-corrected chi connectivity index (χ1v) is 9.17. The SMILES string of the molecule is O=C(O)C1CCCC(C(=O)NCC2(c3ccccc3)CCCC2)C1. The molecule has 0 spiro atoms. The van der Waals surface area contributed by atoms with Crippen molar-refractivity contribution in [3.63, 3.8) is 0 Å². The van der Waals surface area contributed by atoms with Gasteiger partial charge in [0.1, 0.15) is 0 Å². The summed E-state index contributed by atoms with van der Waals surface area (Å²) in [5.74, 6) is -1.22. The maximum absolute atomic E-state index is 12.6. The second kappa shape index (κ2) is 7.37. The number of rotatable bonds is 5. The summed E-state index contributed by atoms with van der Waals surface area (Å²) in [4.78, 5) is 23.8. The Bertz CT molecular complexity index is 578. The molecule has 2 atom stereocenters. The Morgan fingerprint density at radius 2 is 1.71 bits per heavy atom. The minimum Gasteiger partial charge on any atom is -0.481 e. The largest absolute Gasteiger partial charge is 0.481 e. The molecule has 4 nitrogen and oxygen atoms in total. The number of hydrogen-bond acceptors (Lipinski definition) is 2. The molecule has 0 saturated heterocycles. The van der Waals surface area contributed by atoms with Gasteiger partial charge in [0.2, 0.25) is 5.91 Å². The molecule has 0 bridgehead atoms. The van der Waals surface area contributed by atoms with Crippen LogP contribution in [0.3, 0.4) is 0 Å². The Hall–Kier alpha value is -1.84. The molecular weight excluding hydrogens is 302 g/mol. The van der Waals surface area contributed by atoms with Crippen molar-refractivity contribution in [1.82, 2.24) is 5.32 Å². The number of nitrogens with one attached hydrogen (secondary N) is 1. The van der Waals surface area contributed by atoms with Crippen molar-refractivity contribution in [2.24, 2.45) is 11.8 Å². The quantitative estimate of drug-likeness (QED) is 0.869. The molecule has 24 heavy (non-hydrogen) atoms. The van der Waals surface area contributed by atoms with Gasteiger partial charge >= 0.3 is 5.97 Å². The van der Waals surface area contributed by atoms with Crippen LogP contribution in [0, 0.1) is 11.8 Å². The lowest BCUT2D eigenvalue weighted by Crippen LogP contribution is -2.42. The van der Waals surface area contributed by atoms with E-state index in [1.807, 2.05) is 6.07 Å². The third kappa shape index (κ3) is 3.63. The Kier molecular flexibility index (Phi) is 5.22. The van der Waals surface area contributed by atoms with Crippen LogP contribution in [-0.2, 0) is 15.0 Å². The molecule has 2 fully saturated rings. The topological polar surface area (TPSA) is 66.4 Å². The molecule has 0 heterocycles. The van der Waals surface area contributed by atoms with Gasteiger partial charge in [-0.05, 0) is 37.7 Å². The van der Waals surface area contributed by atoms with E-state index in [0.717, 1.165) is 25.7 Å². The summed E-state index contributed by atoms with van der Waals surface area (Å²) < 4.78 is 0. The maximum Gasteiger partial charge on any atom is 0.306 e. The number of carbonyl (C=O) groups excluding carboxylic acids is 1. The van der Waals surface area contributed by atoms with Crippen molar-refractivity contribution in [3.8, 4) is 0 Å². The van der Waals surface area contributed by atoms with Gasteiger partial charge < -0.3 is 10.4 Å². The first-order chi connectivity index (χ1) is 11.6. The fourth-order valence-electron chi connectivity index (χ4n) is 4.46. The molecule has 2 unspecified atom stereocenters. The van der Waals surface area contributed by atoms with Crippen molar-refractivity contribution in [3.05, 3.63) is 35.9 Å². The van der Waals surface area contributed by atoms with E-state index < -0.39 is 5.97 Å². The number of carbonyl (C=O) groups is 2. The molecule has 0 radical (unpaired) electrons. The average molecular weight is 329 g/mol. The van der Waals surface area contributed by atoms with E-state index in [0.29, 0.717) is 19.4 Å². The molecule has 4 heteroatoms. The highest BCUT2D eigenvalue weighted by atomic mass is 16.4. The summed E-state index contributed by atoms with van der Waals surface area (Å²) in [6.07, 6.45) is 7.46. The smallest absolute Gasteiger partial charge is 0.306 e. The van der Waals surface area contributed by atoms with Gasteiger partial charge in [-0.2, -0.15) is 0 Å². The second-order valence-corrected chi connectivity index (χ2v) is 7.47. The van der Waals surface area contributed by atoms with Crippen LogP contribution in [0.15, 0.2) is 30.3 Å². The molecule has 130 valence electrons. The predicted molar refractivity (Wildman–Crippen MR) is 92.7 cm³/mol. The molecule has 1 amide bonds. The van der Waals surface area contributed by atoms with Crippen LogP contribution in [0.5, 0.6) is 0 Å². The van der Waals surface area contributed by atoms with Crippen LogP contribution in [0.1, 0.15) is 56.9 Å². The predicted octanol–water partition coefficient (Wildman–Crippen LogP) is 3.51. The number of amides is 1. The Morgan fingerprint density at radius 1 is 1.04 bits per heavy atom. The lowest BCUT2D eigenvalue weighted by atomic mass is 9.78. The lowest BCUT2D eigenvalue weighted by molar-refractivity contribution is -0.144. The standard InChI is InChI=1S/C20H27NO3/c22-18(15-7-6-8-16(13-15)19(23)24)21-14-20(11-4-5-12-20)17-9-2-1-3-10-17/h1-3,9-10,15-16H,4-8,11-14H2,(H,21,22)(H,23,24). The van der Waals surface area contributed by atoms with Gasteiger partial charge in [-0.15, -0.1) is 0 Å². The van der Waals surface area contributed by atoms with Crippen molar-refractivity contribution >= 4 is 11.9 Å². The second-order valence-electron chi connectivity index (χ2n) is 7.47. The van der Waals surface area contributed by atoms with Crippen LogP contribution < -0.4 is 5.32 Å². The van der Waals surface area contributed by atoms with Crippen molar-refractivity contribution in [1.29, 1.82) is 0 Å². The summed E-state index contributed by atoms with van der Waals surface area (Å²) >= 11 is 0. The average Bonchev–Trinajstić information content (AvgIpc) is 3.11. The van der Waals surface area contributed by atoms with E-state index in [-0.39, 0.29) is 23.2 Å². The van der Waals surface area contributed by atoms with Crippen LogP contribution in [0.4, 0.5) is 0 Å². The summed E-state index contributed by atoms with van der Waals surface area (Å²) in [6, 6.07) is 10.5. The van der Waals surface area contributed by atoms with E-state index in [2.05, 4.69) is 29.6 Å². The number of aliphatic carboxylic acids is 1. The van der Waals surface area contributed by atoms with Crippen molar-refractivity contribution < 1.29 is 14.7 Å². The zero-order valence-electron chi connectivity index (χ0n) is 14.2. The van der Waals surface area contributed by atoms with E-state index in [9.17, 15) is 14.7 Å². The highest BCUT2D eigenvalue weighted by Gasteiger charge is 2.37. The molecule has 0 aromatic heterocycles. The number of carboxylic acid groups (broad SMARTS) is 1. The third-order valence-corrected chi connectivity index (χ3v) is 5.94. The molecule has 2 N–H and O–H groups in total. The van der Waals surface area contributed by atoms with E-state index in [1.54, 1.807) is 0 Å². The molecule has 3 rings (SSSR count). The van der Waals surface area contributed by atoms with E-state index >= 15 is 0 Å². The fraction of sp³-hybridized carbons (Fsp3) is 0.600. The first-order valence-electron chi connectivity index (χ1n) is 9.17. The first kappa shape index (κ1) is 17.0. The van der Waals surface area contributed by atoms with Gasteiger partial charge in [-0.3, -0.25) is 9.59 Å². The van der Waals surface area contributed by atoms with Gasteiger partial charge in [0, 0.05) is 17.9 Å². The summed E-state index contributed by atoms with van der Waals surface area (Å²) in [5.41, 5.74) is 1.37. The normalized spacial score (nSPS) is 26.0. The highest BCUT2D eigenvalue weighted by molar-refractivity contribution is 5.80. The molecule has 1 aromatic rings. The molecule has 2 aliphatic rings. The zero-order chi connectivity index (χ0) is 17.0. The zero-order valence-corrected chi connectivity index (χ0v) is 14.2. The molecule has 2 aliphatic carbocycles. The fourth-order valence-corrected chi connectivity index (χ4v) is 4.46. The Morgan fingerprint density at radius 3 is 2.38 bits per heavy atom. The molecular formula is C20H27NO3. The van der Waals surface area contributed by atoms with Crippen LogP contribution >= 0.6 is 0 Å². The molecule has 0 aliphatic heterocycles. The van der Waals surface area contributed by atoms with Gasteiger partial charge in [-0.25, -0.2) is 0 Å². The van der Waals surface area contributed by atoms with Gasteiger partial charge in [0.15, 0.2) is 0 Å². The van der Waals surface area contributed by atoms with Crippen LogP contribution in [0.2, 0.25) is 0 Å². The van der Waals surface area contributed by atoms with Crippen molar-refractivity contribution in [2.75, 3.05) is 6.54 Å². The minimum atomic E-state index is -0.760. The Balaban J connectivity index is 1.63. The monoisotopic (exact) mass is 329 g/mol. The number of carboxylic acids is 1. The lowest BCUT2D eigenvalue weighted by Gasteiger charge is -2.32. The van der Waals surface area contributed by atoms with Crippen LogP contribution in [-0.4, -0.2) is 23.5 Å². The van der Waals surface area contributed by atoms with Gasteiger partial charge in [0.25, 0.3) is 0 Å². The summed E-state index contributed by atoms with van der Waals surface area (Å²) in [7, 11) is 0. The molecule has 2 saturated carbocycles.